The maximum atomic E-state index is 12.2. The van der Waals surface area contributed by atoms with Gasteiger partial charge in [-0.25, -0.2) is 0 Å². The second kappa shape index (κ2) is 7.44. The van der Waals surface area contributed by atoms with E-state index in [0.717, 1.165) is 0 Å². The molecular formula is C16H15F2NO4. The number of anilines is 1. The first kappa shape index (κ1) is 16.5. The highest BCUT2D eigenvalue weighted by atomic mass is 19.3. The van der Waals surface area contributed by atoms with Gasteiger partial charge in [0.2, 0.25) is 0 Å². The monoisotopic (exact) mass is 323 g/mol. The Morgan fingerprint density at radius 3 is 2.00 bits per heavy atom. The van der Waals surface area contributed by atoms with Crippen molar-refractivity contribution in [3.05, 3.63) is 48.0 Å². The van der Waals surface area contributed by atoms with Crippen LogP contribution in [0.2, 0.25) is 0 Å². The average Bonchev–Trinajstić information content (AvgIpc) is 2.54. The molecule has 0 radical (unpaired) electrons. The zero-order chi connectivity index (χ0) is 16.8. The normalized spacial score (nSPS) is 10.3. The highest BCUT2D eigenvalue weighted by Gasteiger charge is 2.10. The van der Waals surface area contributed by atoms with Gasteiger partial charge in [-0.1, -0.05) is 0 Å². The molecule has 0 saturated carbocycles. The number of amides is 1. The Hall–Kier alpha value is -2.83. The first-order valence-corrected chi connectivity index (χ1v) is 6.61. The van der Waals surface area contributed by atoms with E-state index in [4.69, 9.17) is 9.47 Å². The van der Waals surface area contributed by atoms with Crippen molar-refractivity contribution in [3.8, 4) is 17.2 Å². The number of benzene rings is 2. The van der Waals surface area contributed by atoms with Crippen LogP contribution in [0.3, 0.4) is 0 Å². The van der Waals surface area contributed by atoms with Crippen LogP contribution in [-0.4, -0.2) is 26.7 Å². The maximum absolute atomic E-state index is 12.2. The number of carbonyl (C=O) groups excluding carboxylic acids is 1. The molecule has 0 bridgehead atoms. The second-order valence-corrected chi connectivity index (χ2v) is 4.46. The smallest absolute Gasteiger partial charge is 0.387 e. The van der Waals surface area contributed by atoms with Crippen molar-refractivity contribution in [3.63, 3.8) is 0 Å². The van der Waals surface area contributed by atoms with Crippen molar-refractivity contribution in [1.82, 2.24) is 0 Å². The van der Waals surface area contributed by atoms with E-state index in [2.05, 4.69) is 10.1 Å². The molecule has 7 heteroatoms. The lowest BCUT2D eigenvalue weighted by atomic mass is 10.2. The highest BCUT2D eigenvalue weighted by Crippen LogP contribution is 2.26. The van der Waals surface area contributed by atoms with E-state index in [9.17, 15) is 13.6 Å². The third kappa shape index (κ3) is 4.57. The molecule has 5 nitrogen and oxygen atoms in total. The molecule has 0 aliphatic heterocycles. The number of nitrogens with one attached hydrogen (secondary N) is 1. The predicted molar refractivity (Wildman–Crippen MR) is 80.6 cm³/mol. The van der Waals surface area contributed by atoms with Gasteiger partial charge < -0.3 is 19.5 Å². The van der Waals surface area contributed by atoms with Crippen LogP contribution >= 0.6 is 0 Å². The van der Waals surface area contributed by atoms with Crippen LogP contribution in [0.5, 0.6) is 17.2 Å². The summed E-state index contributed by atoms with van der Waals surface area (Å²) in [4.78, 5) is 12.2. The zero-order valence-electron chi connectivity index (χ0n) is 12.5. The van der Waals surface area contributed by atoms with Gasteiger partial charge in [0.25, 0.3) is 5.91 Å². The van der Waals surface area contributed by atoms with Crippen LogP contribution in [0.15, 0.2) is 42.5 Å². The average molecular weight is 323 g/mol. The molecule has 0 aromatic heterocycles. The molecule has 0 spiro atoms. The summed E-state index contributed by atoms with van der Waals surface area (Å²) >= 11 is 0. The molecule has 0 heterocycles. The number of alkyl halides is 2. The fourth-order valence-corrected chi connectivity index (χ4v) is 1.87. The van der Waals surface area contributed by atoms with Gasteiger partial charge in [-0.15, -0.1) is 0 Å². The standard InChI is InChI=1S/C16H15F2NO4/c1-21-13-7-11(8-14(9-13)22-2)19-15(20)10-3-5-12(6-4-10)23-16(17)18/h3-9,16H,1-2H3,(H,19,20). The zero-order valence-corrected chi connectivity index (χ0v) is 12.5. The van der Waals surface area contributed by atoms with Gasteiger partial charge in [0.05, 0.1) is 14.2 Å². The van der Waals surface area contributed by atoms with Gasteiger partial charge in [0, 0.05) is 29.4 Å². The van der Waals surface area contributed by atoms with E-state index in [1.807, 2.05) is 0 Å². The van der Waals surface area contributed by atoms with Crippen LogP contribution in [0.1, 0.15) is 10.4 Å². The van der Waals surface area contributed by atoms with Crippen molar-refractivity contribution in [2.24, 2.45) is 0 Å². The number of rotatable bonds is 6. The molecule has 122 valence electrons. The largest absolute Gasteiger partial charge is 0.497 e. The molecule has 23 heavy (non-hydrogen) atoms. The Kier molecular flexibility index (Phi) is 5.35. The Bertz CT molecular complexity index is 652. The minimum Gasteiger partial charge on any atom is -0.497 e. The summed E-state index contributed by atoms with van der Waals surface area (Å²) in [6.45, 7) is -2.90. The number of hydrogen-bond acceptors (Lipinski definition) is 4. The number of hydrogen-bond donors (Lipinski definition) is 1. The van der Waals surface area contributed by atoms with Gasteiger partial charge in [0.1, 0.15) is 17.2 Å². The van der Waals surface area contributed by atoms with Crippen LogP contribution in [0.25, 0.3) is 0 Å². The SMILES string of the molecule is COc1cc(NC(=O)c2ccc(OC(F)F)cc2)cc(OC)c1. The van der Waals surface area contributed by atoms with Crippen molar-refractivity contribution in [2.75, 3.05) is 19.5 Å². The lowest BCUT2D eigenvalue weighted by Crippen LogP contribution is -2.12. The van der Waals surface area contributed by atoms with Gasteiger partial charge in [-0.05, 0) is 24.3 Å². The number of ether oxygens (including phenoxy) is 3. The van der Waals surface area contributed by atoms with Crippen LogP contribution < -0.4 is 19.5 Å². The van der Waals surface area contributed by atoms with Crippen LogP contribution in [0.4, 0.5) is 14.5 Å². The lowest BCUT2D eigenvalue weighted by Gasteiger charge is -2.10. The Balaban J connectivity index is 2.12. The molecule has 0 atom stereocenters. The molecule has 2 aromatic carbocycles. The highest BCUT2D eigenvalue weighted by molar-refractivity contribution is 6.04. The molecule has 2 aromatic rings. The van der Waals surface area contributed by atoms with E-state index in [1.54, 1.807) is 18.2 Å². The summed E-state index contributed by atoms with van der Waals surface area (Å²) in [6, 6.07) is 10.3. The predicted octanol–water partition coefficient (Wildman–Crippen LogP) is 3.56. The fourth-order valence-electron chi connectivity index (χ4n) is 1.87. The summed E-state index contributed by atoms with van der Waals surface area (Å²) in [5, 5.41) is 2.68. The van der Waals surface area contributed by atoms with Crippen molar-refractivity contribution in [1.29, 1.82) is 0 Å². The Labute approximate surface area is 131 Å². The van der Waals surface area contributed by atoms with E-state index in [-0.39, 0.29) is 5.75 Å². The molecule has 2 rings (SSSR count). The van der Waals surface area contributed by atoms with Crippen molar-refractivity contribution >= 4 is 11.6 Å². The van der Waals surface area contributed by atoms with Gasteiger partial charge in [0.15, 0.2) is 0 Å². The Morgan fingerprint density at radius 1 is 0.957 bits per heavy atom. The number of halogens is 2. The van der Waals surface area contributed by atoms with Gasteiger partial charge >= 0.3 is 6.61 Å². The van der Waals surface area contributed by atoms with E-state index >= 15 is 0 Å². The summed E-state index contributed by atoms with van der Waals surface area (Å²) in [5.41, 5.74) is 0.785. The van der Waals surface area contributed by atoms with E-state index in [0.29, 0.717) is 22.7 Å². The van der Waals surface area contributed by atoms with Gasteiger partial charge in [-0.2, -0.15) is 8.78 Å². The maximum Gasteiger partial charge on any atom is 0.387 e. The molecule has 0 aliphatic rings. The first-order valence-electron chi connectivity index (χ1n) is 6.61. The number of methoxy groups -OCH3 is 2. The molecule has 1 amide bonds. The van der Waals surface area contributed by atoms with Crippen molar-refractivity contribution in [2.45, 2.75) is 6.61 Å². The van der Waals surface area contributed by atoms with Crippen molar-refractivity contribution < 1.29 is 27.8 Å². The molecule has 0 aliphatic carbocycles. The molecule has 0 fully saturated rings. The summed E-state index contributed by atoms with van der Waals surface area (Å²) in [5.74, 6) is 0.643. The molecule has 0 saturated heterocycles. The fraction of sp³-hybridized carbons (Fsp3) is 0.188. The minimum absolute atomic E-state index is 0.0143. The molecule has 0 unspecified atom stereocenters. The summed E-state index contributed by atoms with van der Waals surface area (Å²) < 4.78 is 38.6. The molecule has 1 N–H and O–H groups in total. The number of carbonyl (C=O) groups is 1. The third-order valence-electron chi connectivity index (χ3n) is 2.95. The van der Waals surface area contributed by atoms with E-state index in [1.165, 1.54) is 38.5 Å². The van der Waals surface area contributed by atoms with Crippen LogP contribution in [0, 0.1) is 0 Å². The van der Waals surface area contributed by atoms with E-state index < -0.39 is 12.5 Å². The van der Waals surface area contributed by atoms with Crippen LogP contribution in [-0.2, 0) is 0 Å². The topological polar surface area (TPSA) is 56.8 Å². The summed E-state index contributed by atoms with van der Waals surface area (Å²) in [6.07, 6.45) is 0. The minimum atomic E-state index is -2.90. The Morgan fingerprint density at radius 2 is 1.52 bits per heavy atom. The lowest BCUT2D eigenvalue weighted by molar-refractivity contribution is -0.0498. The quantitative estimate of drug-likeness (QED) is 0.883. The molecular weight excluding hydrogens is 308 g/mol. The third-order valence-corrected chi connectivity index (χ3v) is 2.95. The first-order chi connectivity index (χ1) is 11.0. The van der Waals surface area contributed by atoms with Gasteiger partial charge in [-0.3, -0.25) is 4.79 Å². The summed E-state index contributed by atoms with van der Waals surface area (Å²) in [7, 11) is 3.00. The second-order valence-electron chi connectivity index (χ2n) is 4.46.